The highest BCUT2D eigenvalue weighted by Crippen LogP contribution is 2.42. The van der Waals surface area contributed by atoms with Crippen LogP contribution in [0.1, 0.15) is 31.2 Å². The summed E-state index contributed by atoms with van der Waals surface area (Å²) in [4.78, 5) is 11.2. The molecular formula is C21H24N4O. The fourth-order valence-corrected chi connectivity index (χ4v) is 4.98. The first kappa shape index (κ1) is 16.0. The molecule has 0 saturated carbocycles. The van der Waals surface area contributed by atoms with E-state index in [2.05, 4.69) is 37.8 Å². The van der Waals surface area contributed by atoms with Gasteiger partial charge in [0.05, 0.1) is 23.2 Å². The molecule has 2 bridgehead atoms. The minimum absolute atomic E-state index is 0.457. The van der Waals surface area contributed by atoms with Gasteiger partial charge in [0.25, 0.3) is 0 Å². The van der Waals surface area contributed by atoms with Crippen LogP contribution in [0.25, 0.3) is 11.0 Å². The molecule has 5 nitrogen and oxygen atoms in total. The van der Waals surface area contributed by atoms with Crippen LogP contribution < -0.4 is 0 Å². The van der Waals surface area contributed by atoms with Gasteiger partial charge in [0.1, 0.15) is 0 Å². The number of aromatic nitrogens is 3. The first-order chi connectivity index (χ1) is 12.7. The van der Waals surface area contributed by atoms with Crippen molar-refractivity contribution >= 4 is 11.0 Å². The van der Waals surface area contributed by atoms with Crippen molar-refractivity contribution in [2.45, 2.75) is 56.5 Å². The molecule has 0 aliphatic carbocycles. The Morgan fingerprint density at radius 3 is 2.65 bits per heavy atom. The third kappa shape index (κ3) is 2.81. The Balaban J connectivity index is 1.35. The lowest BCUT2D eigenvalue weighted by molar-refractivity contribution is -0.0644. The van der Waals surface area contributed by atoms with Crippen molar-refractivity contribution in [1.82, 2.24) is 19.4 Å². The molecule has 2 aliphatic rings. The monoisotopic (exact) mass is 348 g/mol. The first-order valence-corrected chi connectivity index (χ1v) is 9.47. The summed E-state index contributed by atoms with van der Waals surface area (Å²) in [6.07, 6.45) is 11.7. The molecule has 0 aromatic carbocycles. The van der Waals surface area contributed by atoms with Gasteiger partial charge in [0.15, 0.2) is 0 Å². The molecule has 5 heteroatoms. The van der Waals surface area contributed by atoms with Gasteiger partial charge in [-0.15, -0.1) is 0 Å². The van der Waals surface area contributed by atoms with Gasteiger partial charge in [-0.3, -0.25) is 14.9 Å². The Labute approximate surface area is 153 Å². The lowest BCUT2D eigenvalue weighted by Crippen LogP contribution is -2.52. The molecule has 2 atom stereocenters. The number of nitrogens with zero attached hydrogens (tertiary/aromatic N) is 4. The van der Waals surface area contributed by atoms with Crippen molar-refractivity contribution in [3.63, 3.8) is 0 Å². The van der Waals surface area contributed by atoms with E-state index in [1.54, 1.807) is 0 Å². The molecule has 5 rings (SSSR count). The lowest BCUT2D eigenvalue weighted by atomic mass is 9.85. The first-order valence-electron chi connectivity index (χ1n) is 9.47. The quantitative estimate of drug-likeness (QED) is 0.787. The number of rotatable bonds is 4. The van der Waals surface area contributed by atoms with Crippen LogP contribution in [0.5, 0.6) is 0 Å². The van der Waals surface area contributed by atoms with E-state index in [1.807, 2.05) is 36.8 Å². The number of pyridine rings is 2. The van der Waals surface area contributed by atoms with Gasteiger partial charge >= 0.3 is 0 Å². The van der Waals surface area contributed by atoms with Crippen LogP contribution in [0.2, 0.25) is 0 Å². The maximum absolute atomic E-state index is 11.4. The van der Waals surface area contributed by atoms with E-state index < -0.39 is 5.60 Å². The van der Waals surface area contributed by atoms with Gasteiger partial charge in [-0.05, 0) is 55.5 Å². The predicted molar refractivity (Wildman–Crippen MR) is 101 cm³/mol. The minimum Gasteiger partial charge on any atom is -0.388 e. The van der Waals surface area contributed by atoms with Gasteiger partial charge in [0, 0.05) is 43.4 Å². The maximum Gasteiger partial charge on any atom is 0.0880 e. The topological polar surface area (TPSA) is 54.2 Å². The standard InChI is InChI=1S/C21H24N4O/c26-21(15-24-10-7-19-20(24)4-2-9-23-19)11-17-5-6-18(12-21)25(17)14-16-3-1-8-22-13-16/h1-4,7-10,13,17-18,26H,5-6,11-12,14-15H2. The molecule has 134 valence electrons. The van der Waals surface area contributed by atoms with Gasteiger partial charge in [-0.2, -0.15) is 0 Å². The minimum atomic E-state index is -0.640. The van der Waals surface area contributed by atoms with Crippen molar-refractivity contribution in [3.8, 4) is 0 Å². The normalized spacial score (nSPS) is 28.7. The van der Waals surface area contributed by atoms with E-state index in [0.29, 0.717) is 18.6 Å². The van der Waals surface area contributed by atoms with Gasteiger partial charge in [-0.25, -0.2) is 0 Å². The Hall–Kier alpha value is -2.24. The highest BCUT2D eigenvalue weighted by molar-refractivity contribution is 5.75. The van der Waals surface area contributed by atoms with Crippen LogP contribution in [0, 0.1) is 0 Å². The van der Waals surface area contributed by atoms with Gasteiger partial charge in [0.2, 0.25) is 0 Å². The second kappa shape index (κ2) is 6.18. The summed E-state index contributed by atoms with van der Waals surface area (Å²) in [5.41, 5.74) is 2.72. The number of fused-ring (bicyclic) bond motifs is 3. The van der Waals surface area contributed by atoms with Crippen LogP contribution >= 0.6 is 0 Å². The second-order valence-corrected chi connectivity index (χ2v) is 7.90. The Morgan fingerprint density at radius 2 is 1.88 bits per heavy atom. The molecule has 2 fully saturated rings. The van der Waals surface area contributed by atoms with Crippen molar-refractivity contribution in [1.29, 1.82) is 0 Å². The number of piperidine rings is 1. The van der Waals surface area contributed by atoms with Crippen LogP contribution in [-0.2, 0) is 13.1 Å². The molecule has 2 aliphatic heterocycles. The number of hydrogen-bond acceptors (Lipinski definition) is 4. The van der Waals surface area contributed by atoms with E-state index in [4.69, 9.17) is 0 Å². The van der Waals surface area contributed by atoms with Crippen LogP contribution in [-0.4, -0.2) is 42.2 Å². The number of hydrogen-bond donors (Lipinski definition) is 1. The fourth-order valence-electron chi connectivity index (χ4n) is 4.98. The largest absolute Gasteiger partial charge is 0.388 e. The van der Waals surface area contributed by atoms with Gasteiger partial charge in [-0.1, -0.05) is 6.07 Å². The summed E-state index contributed by atoms with van der Waals surface area (Å²) < 4.78 is 2.17. The van der Waals surface area contributed by atoms with Gasteiger partial charge < -0.3 is 9.67 Å². The van der Waals surface area contributed by atoms with Crippen LogP contribution in [0.15, 0.2) is 55.1 Å². The zero-order chi connectivity index (χ0) is 17.6. The molecule has 0 amide bonds. The van der Waals surface area contributed by atoms with E-state index in [9.17, 15) is 5.11 Å². The second-order valence-electron chi connectivity index (χ2n) is 7.90. The molecule has 1 N–H and O–H groups in total. The Kier molecular flexibility index (Phi) is 3.80. The predicted octanol–water partition coefficient (Wildman–Crippen LogP) is 2.99. The molecule has 26 heavy (non-hydrogen) atoms. The summed E-state index contributed by atoms with van der Waals surface area (Å²) >= 11 is 0. The SMILES string of the molecule is OC1(Cn2ccc3ncccc32)CC2CCC(C1)N2Cc1cccnc1. The Morgan fingerprint density at radius 1 is 1.08 bits per heavy atom. The number of aliphatic hydroxyl groups is 1. The van der Waals surface area contributed by atoms with Crippen LogP contribution in [0.4, 0.5) is 0 Å². The summed E-state index contributed by atoms with van der Waals surface area (Å²) in [5.74, 6) is 0. The summed E-state index contributed by atoms with van der Waals surface area (Å²) in [5, 5.41) is 11.4. The van der Waals surface area contributed by atoms with Crippen molar-refractivity contribution in [3.05, 3.63) is 60.7 Å². The van der Waals surface area contributed by atoms with Crippen LogP contribution in [0.3, 0.4) is 0 Å². The smallest absolute Gasteiger partial charge is 0.0880 e. The molecule has 2 saturated heterocycles. The lowest BCUT2D eigenvalue weighted by Gasteiger charge is -2.44. The molecule has 0 radical (unpaired) electrons. The molecular weight excluding hydrogens is 324 g/mol. The molecule has 3 aromatic rings. The average molecular weight is 348 g/mol. The third-order valence-electron chi connectivity index (χ3n) is 6.09. The molecule has 2 unspecified atom stereocenters. The van der Waals surface area contributed by atoms with E-state index in [-0.39, 0.29) is 0 Å². The van der Waals surface area contributed by atoms with E-state index in [0.717, 1.165) is 30.4 Å². The fraction of sp³-hybridized carbons (Fsp3) is 0.429. The zero-order valence-corrected chi connectivity index (χ0v) is 14.8. The van der Waals surface area contributed by atoms with Crippen molar-refractivity contribution < 1.29 is 5.11 Å². The summed E-state index contributed by atoms with van der Waals surface area (Å²) in [7, 11) is 0. The molecule has 5 heterocycles. The highest BCUT2D eigenvalue weighted by atomic mass is 16.3. The van der Waals surface area contributed by atoms with E-state index >= 15 is 0 Å². The third-order valence-corrected chi connectivity index (χ3v) is 6.09. The summed E-state index contributed by atoms with van der Waals surface area (Å²) in [6, 6.07) is 11.1. The summed E-state index contributed by atoms with van der Waals surface area (Å²) in [6.45, 7) is 1.59. The Bertz CT molecular complexity index is 893. The zero-order valence-electron chi connectivity index (χ0n) is 14.8. The highest BCUT2D eigenvalue weighted by Gasteiger charge is 2.47. The van der Waals surface area contributed by atoms with Crippen molar-refractivity contribution in [2.75, 3.05) is 0 Å². The average Bonchev–Trinajstić information content (AvgIpc) is 3.15. The van der Waals surface area contributed by atoms with E-state index in [1.165, 1.54) is 18.4 Å². The molecule has 3 aromatic heterocycles. The van der Waals surface area contributed by atoms with Crippen molar-refractivity contribution in [2.24, 2.45) is 0 Å². The molecule has 0 spiro atoms. The maximum atomic E-state index is 11.4.